The fourth-order valence-electron chi connectivity index (χ4n) is 1.95. The third-order valence-electron chi connectivity index (χ3n) is 3.24. The fourth-order valence-corrected chi connectivity index (χ4v) is 2.31. The predicted molar refractivity (Wildman–Crippen MR) is 93.4 cm³/mol. The molecule has 120 valence electrons. The SMILES string of the molecule is COc1ccc(C(C)=NNC(=O)c2cc(Br)ccc2OC)cc1. The number of nitrogens with one attached hydrogen (secondary N) is 1. The van der Waals surface area contributed by atoms with Crippen LogP contribution in [0.3, 0.4) is 0 Å². The van der Waals surface area contributed by atoms with E-state index in [9.17, 15) is 4.79 Å². The van der Waals surface area contributed by atoms with Gasteiger partial charge in [-0.05, 0) is 55.0 Å². The van der Waals surface area contributed by atoms with Crippen molar-refractivity contribution in [1.82, 2.24) is 5.43 Å². The van der Waals surface area contributed by atoms with Gasteiger partial charge in [-0.2, -0.15) is 5.10 Å². The van der Waals surface area contributed by atoms with Crippen LogP contribution in [0.2, 0.25) is 0 Å². The molecule has 0 fully saturated rings. The summed E-state index contributed by atoms with van der Waals surface area (Å²) in [4.78, 5) is 12.3. The maximum absolute atomic E-state index is 12.3. The van der Waals surface area contributed by atoms with Crippen LogP contribution in [-0.4, -0.2) is 25.8 Å². The molecule has 0 aromatic heterocycles. The molecule has 0 aliphatic carbocycles. The van der Waals surface area contributed by atoms with Crippen LogP contribution in [0.15, 0.2) is 52.0 Å². The summed E-state index contributed by atoms with van der Waals surface area (Å²) in [7, 11) is 3.13. The minimum atomic E-state index is -0.337. The quantitative estimate of drug-likeness (QED) is 0.640. The molecule has 0 saturated carbocycles. The van der Waals surface area contributed by atoms with Gasteiger partial charge in [0.1, 0.15) is 11.5 Å². The summed E-state index contributed by atoms with van der Waals surface area (Å²) < 4.78 is 11.1. The average Bonchev–Trinajstić information content (AvgIpc) is 2.59. The number of rotatable bonds is 5. The lowest BCUT2D eigenvalue weighted by molar-refractivity contribution is 0.0951. The van der Waals surface area contributed by atoms with Crippen LogP contribution in [0, 0.1) is 0 Å². The van der Waals surface area contributed by atoms with Gasteiger partial charge < -0.3 is 9.47 Å². The topological polar surface area (TPSA) is 59.9 Å². The average molecular weight is 377 g/mol. The number of nitrogens with zero attached hydrogens (tertiary/aromatic N) is 1. The highest BCUT2D eigenvalue weighted by Gasteiger charge is 2.12. The largest absolute Gasteiger partial charge is 0.497 e. The summed E-state index contributed by atoms with van der Waals surface area (Å²) >= 11 is 3.34. The molecule has 0 radical (unpaired) electrons. The number of hydrazone groups is 1. The Morgan fingerprint density at radius 1 is 1.09 bits per heavy atom. The van der Waals surface area contributed by atoms with Gasteiger partial charge in [0.25, 0.3) is 5.91 Å². The summed E-state index contributed by atoms with van der Waals surface area (Å²) in [5.74, 6) is 0.920. The summed E-state index contributed by atoms with van der Waals surface area (Å²) in [6.45, 7) is 1.82. The number of carbonyl (C=O) groups excluding carboxylic acids is 1. The predicted octanol–water partition coefficient (Wildman–Crippen LogP) is 3.62. The van der Waals surface area contributed by atoms with Crippen molar-refractivity contribution < 1.29 is 14.3 Å². The Labute approximate surface area is 143 Å². The Morgan fingerprint density at radius 2 is 1.78 bits per heavy atom. The van der Waals surface area contributed by atoms with E-state index >= 15 is 0 Å². The molecule has 2 aromatic rings. The number of carbonyl (C=O) groups is 1. The number of benzene rings is 2. The zero-order valence-electron chi connectivity index (χ0n) is 13.1. The van der Waals surface area contributed by atoms with Gasteiger partial charge >= 0.3 is 0 Å². The summed E-state index contributed by atoms with van der Waals surface area (Å²) in [6, 6.07) is 12.7. The van der Waals surface area contributed by atoms with Crippen LogP contribution in [0.5, 0.6) is 11.5 Å². The minimum Gasteiger partial charge on any atom is -0.497 e. The number of methoxy groups -OCH3 is 2. The van der Waals surface area contributed by atoms with E-state index < -0.39 is 0 Å². The molecule has 23 heavy (non-hydrogen) atoms. The number of hydrogen-bond donors (Lipinski definition) is 1. The van der Waals surface area contributed by atoms with Crippen LogP contribution in [0.25, 0.3) is 0 Å². The molecule has 0 saturated heterocycles. The Balaban J connectivity index is 2.15. The van der Waals surface area contributed by atoms with E-state index in [2.05, 4.69) is 26.5 Å². The highest BCUT2D eigenvalue weighted by Crippen LogP contribution is 2.22. The lowest BCUT2D eigenvalue weighted by Gasteiger charge is -2.08. The standard InChI is InChI=1S/C17H17BrN2O3/c1-11(12-4-7-14(22-2)8-5-12)19-20-17(21)15-10-13(18)6-9-16(15)23-3/h4-10H,1-3H3,(H,20,21). The van der Waals surface area contributed by atoms with Crippen LogP contribution in [0.4, 0.5) is 0 Å². The summed E-state index contributed by atoms with van der Waals surface area (Å²) in [6.07, 6.45) is 0. The molecule has 0 unspecified atom stereocenters. The van der Waals surface area contributed by atoms with Gasteiger partial charge in [0.2, 0.25) is 0 Å². The first-order valence-corrected chi connectivity index (χ1v) is 7.67. The second-order valence-electron chi connectivity index (χ2n) is 4.71. The van der Waals surface area contributed by atoms with Crippen LogP contribution >= 0.6 is 15.9 Å². The number of amides is 1. The van der Waals surface area contributed by atoms with E-state index in [4.69, 9.17) is 9.47 Å². The van der Waals surface area contributed by atoms with Crippen molar-refractivity contribution in [1.29, 1.82) is 0 Å². The molecular weight excluding hydrogens is 360 g/mol. The zero-order valence-corrected chi connectivity index (χ0v) is 14.7. The Hall–Kier alpha value is -2.34. The smallest absolute Gasteiger partial charge is 0.275 e. The monoisotopic (exact) mass is 376 g/mol. The molecule has 2 aromatic carbocycles. The van der Waals surface area contributed by atoms with E-state index in [-0.39, 0.29) is 5.91 Å². The van der Waals surface area contributed by atoms with Gasteiger partial charge in [-0.3, -0.25) is 4.79 Å². The lowest BCUT2D eigenvalue weighted by atomic mass is 10.1. The first-order valence-electron chi connectivity index (χ1n) is 6.87. The van der Waals surface area contributed by atoms with E-state index in [0.717, 1.165) is 15.8 Å². The molecule has 0 heterocycles. The molecule has 0 atom stereocenters. The minimum absolute atomic E-state index is 0.337. The van der Waals surface area contributed by atoms with Crippen LogP contribution in [0.1, 0.15) is 22.8 Å². The third-order valence-corrected chi connectivity index (χ3v) is 3.73. The molecule has 5 nitrogen and oxygen atoms in total. The Kier molecular flexibility index (Phi) is 5.76. The molecule has 0 aliphatic rings. The first kappa shape index (κ1) is 17.0. The van der Waals surface area contributed by atoms with Crippen molar-refractivity contribution in [2.24, 2.45) is 5.10 Å². The molecular formula is C17H17BrN2O3. The van der Waals surface area contributed by atoms with Crippen molar-refractivity contribution in [3.63, 3.8) is 0 Å². The van der Waals surface area contributed by atoms with E-state index in [1.807, 2.05) is 37.3 Å². The maximum Gasteiger partial charge on any atom is 0.275 e. The van der Waals surface area contributed by atoms with Gasteiger partial charge in [-0.1, -0.05) is 15.9 Å². The van der Waals surface area contributed by atoms with E-state index in [1.165, 1.54) is 7.11 Å². The highest BCUT2D eigenvalue weighted by atomic mass is 79.9. The van der Waals surface area contributed by atoms with Gasteiger partial charge in [0.05, 0.1) is 25.5 Å². The van der Waals surface area contributed by atoms with Crippen molar-refractivity contribution >= 4 is 27.5 Å². The lowest BCUT2D eigenvalue weighted by Crippen LogP contribution is -2.20. The molecule has 0 aliphatic heterocycles. The summed E-state index contributed by atoms with van der Waals surface area (Å²) in [5.41, 5.74) is 4.54. The summed E-state index contributed by atoms with van der Waals surface area (Å²) in [5, 5.41) is 4.14. The Morgan fingerprint density at radius 3 is 2.39 bits per heavy atom. The number of halogens is 1. The van der Waals surface area contributed by atoms with Crippen LogP contribution < -0.4 is 14.9 Å². The van der Waals surface area contributed by atoms with Gasteiger partial charge in [-0.15, -0.1) is 0 Å². The molecule has 1 amide bonds. The molecule has 0 spiro atoms. The highest BCUT2D eigenvalue weighted by molar-refractivity contribution is 9.10. The molecule has 2 rings (SSSR count). The molecule has 6 heteroatoms. The second kappa shape index (κ2) is 7.78. The van der Waals surface area contributed by atoms with Crippen molar-refractivity contribution in [3.05, 3.63) is 58.1 Å². The van der Waals surface area contributed by atoms with Crippen LogP contribution in [-0.2, 0) is 0 Å². The normalized spacial score (nSPS) is 11.0. The maximum atomic E-state index is 12.3. The zero-order chi connectivity index (χ0) is 16.8. The van der Waals surface area contributed by atoms with E-state index in [1.54, 1.807) is 19.2 Å². The van der Waals surface area contributed by atoms with Gasteiger partial charge in [-0.25, -0.2) is 5.43 Å². The second-order valence-corrected chi connectivity index (χ2v) is 5.63. The van der Waals surface area contributed by atoms with Gasteiger partial charge in [0.15, 0.2) is 0 Å². The number of hydrogen-bond acceptors (Lipinski definition) is 4. The molecule has 0 bridgehead atoms. The van der Waals surface area contributed by atoms with Gasteiger partial charge in [0, 0.05) is 4.47 Å². The number of ether oxygens (including phenoxy) is 2. The molecule has 1 N–H and O–H groups in total. The first-order chi connectivity index (χ1) is 11.0. The van der Waals surface area contributed by atoms with Crippen molar-refractivity contribution in [2.45, 2.75) is 6.92 Å². The fraction of sp³-hybridized carbons (Fsp3) is 0.176. The Bertz CT molecular complexity index is 727. The van der Waals surface area contributed by atoms with E-state index in [0.29, 0.717) is 17.0 Å². The third kappa shape index (κ3) is 4.32. The van der Waals surface area contributed by atoms with Crippen molar-refractivity contribution in [3.8, 4) is 11.5 Å². The van der Waals surface area contributed by atoms with Crippen molar-refractivity contribution in [2.75, 3.05) is 14.2 Å².